The molecule has 4 rings (SSSR count). The number of hydrogen-bond donors (Lipinski definition) is 4. The second-order valence-corrected chi connectivity index (χ2v) is 5.80. The van der Waals surface area contributed by atoms with Crippen molar-refractivity contribution < 1.29 is 9.50 Å². The van der Waals surface area contributed by atoms with Gasteiger partial charge in [-0.2, -0.15) is 9.97 Å². The van der Waals surface area contributed by atoms with Gasteiger partial charge >= 0.3 is 0 Å². The minimum absolute atomic E-state index is 0.0200. The number of imidazole rings is 1. The quantitative estimate of drug-likeness (QED) is 0.387. The van der Waals surface area contributed by atoms with Gasteiger partial charge in [-0.25, -0.2) is 14.4 Å². The summed E-state index contributed by atoms with van der Waals surface area (Å²) in [6.45, 7) is 0.259. The van der Waals surface area contributed by atoms with Gasteiger partial charge in [0.1, 0.15) is 17.3 Å². The van der Waals surface area contributed by atoms with Crippen LogP contribution in [0, 0.1) is 5.82 Å². The van der Waals surface area contributed by atoms with E-state index in [2.05, 4.69) is 35.9 Å². The zero-order chi connectivity index (χ0) is 19.3. The first-order chi connectivity index (χ1) is 13.7. The van der Waals surface area contributed by atoms with Crippen molar-refractivity contribution in [2.24, 2.45) is 0 Å². The number of rotatable bonds is 7. The van der Waals surface area contributed by atoms with Gasteiger partial charge in [0, 0.05) is 49.2 Å². The van der Waals surface area contributed by atoms with Gasteiger partial charge in [0.2, 0.25) is 5.95 Å². The smallest absolute Gasteiger partial charge is 0.232 e. The minimum atomic E-state index is -0.515. The molecule has 0 atom stereocenters. The molecule has 4 aromatic heterocycles. The van der Waals surface area contributed by atoms with E-state index < -0.39 is 5.82 Å². The Balaban J connectivity index is 1.63. The summed E-state index contributed by atoms with van der Waals surface area (Å²) in [5.74, 6) is 0.605. The third-order valence-corrected chi connectivity index (χ3v) is 3.80. The average Bonchev–Trinajstić information content (AvgIpc) is 3.16. The normalized spacial score (nSPS) is 10.8. The van der Waals surface area contributed by atoms with Crippen LogP contribution in [-0.2, 0) is 0 Å². The summed E-state index contributed by atoms with van der Waals surface area (Å²) in [4.78, 5) is 16.9. The molecule has 0 amide bonds. The molecule has 0 spiro atoms. The fraction of sp³-hybridized carbons (Fsp3) is 0.111. The topological polar surface area (TPSA) is 112 Å². The Morgan fingerprint density at radius 1 is 1.00 bits per heavy atom. The first-order valence-electron chi connectivity index (χ1n) is 8.52. The summed E-state index contributed by atoms with van der Waals surface area (Å²) in [5.41, 5.74) is 1.56. The Morgan fingerprint density at radius 2 is 1.89 bits per heavy atom. The van der Waals surface area contributed by atoms with E-state index in [0.717, 1.165) is 11.3 Å². The number of nitrogens with one attached hydrogen (secondary N) is 3. The van der Waals surface area contributed by atoms with E-state index in [1.807, 2.05) is 28.9 Å². The Kier molecular flexibility index (Phi) is 4.93. The predicted molar refractivity (Wildman–Crippen MR) is 104 cm³/mol. The van der Waals surface area contributed by atoms with Crippen LogP contribution >= 0.6 is 0 Å². The van der Waals surface area contributed by atoms with Crippen molar-refractivity contribution in [3.63, 3.8) is 0 Å². The van der Waals surface area contributed by atoms with Crippen molar-refractivity contribution in [3.8, 4) is 0 Å². The lowest BCUT2D eigenvalue weighted by Crippen LogP contribution is -2.10. The fourth-order valence-corrected chi connectivity index (χ4v) is 2.56. The molecule has 4 heterocycles. The molecule has 0 aliphatic carbocycles. The molecule has 142 valence electrons. The Hall–Kier alpha value is -3.79. The molecule has 0 bridgehead atoms. The Morgan fingerprint density at radius 3 is 2.75 bits per heavy atom. The summed E-state index contributed by atoms with van der Waals surface area (Å²) in [6, 6.07) is 8.23. The van der Waals surface area contributed by atoms with Crippen LogP contribution < -0.4 is 16.0 Å². The van der Waals surface area contributed by atoms with E-state index in [4.69, 9.17) is 5.11 Å². The van der Waals surface area contributed by atoms with Gasteiger partial charge in [-0.1, -0.05) is 0 Å². The number of halogens is 1. The average molecular weight is 380 g/mol. The van der Waals surface area contributed by atoms with Crippen LogP contribution in [0.1, 0.15) is 0 Å². The second-order valence-electron chi connectivity index (χ2n) is 5.80. The van der Waals surface area contributed by atoms with Crippen LogP contribution in [0.15, 0.2) is 55.1 Å². The Bertz CT molecular complexity index is 1100. The lowest BCUT2D eigenvalue weighted by molar-refractivity contribution is 0.311. The van der Waals surface area contributed by atoms with Gasteiger partial charge in [0.25, 0.3) is 0 Å². The number of anilines is 5. The third-order valence-electron chi connectivity index (χ3n) is 3.80. The number of fused-ring (bicyclic) bond motifs is 1. The molecule has 0 fully saturated rings. The number of aliphatic hydroxyl groups excluding tert-OH is 1. The summed E-state index contributed by atoms with van der Waals surface area (Å²) in [7, 11) is 0. The molecule has 0 saturated carbocycles. The van der Waals surface area contributed by atoms with Crippen molar-refractivity contribution in [2.45, 2.75) is 0 Å². The van der Waals surface area contributed by atoms with Crippen molar-refractivity contribution in [3.05, 3.63) is 60.9 Å². The summed E-state index contributed by atoms with van der Waals surface area (Å²) >= 11 is 0. The van der Waals surface area contributed by atoms with E-state index in [1.165, 1.54) is 18.3 Å². The molecular weight excluding hydrogens is 363 g/mol. The van der Waals surface area contributed by atoms with Gasteiger partial charge in [0.15, 0.2) is 11.6 Å². The SMILES string of the molecule is OCCNc1cc(Nc2ccn3ccnc3c2)nc(Nc2ncccc2F)n1. The maximum atomic E-state index is 13.9. The third kappa shape index (κ3) is 3.96. The highest BCUT2D eigenvalue weighted by molar-refractivity contribution is 5.65. The molecule has 9 nitrogen and oxygen atoms in total. The van der Waals surface area contributed by atoms with Gasteiger partial charge < -0.3 is 25.5 Å². The first-order valence-corrected chi connectivity index (χ1v) is 8.52. The molecule has 0 radical (unpaired) electrons. The highest BCUT2D eigenvalue weighted by Crippen LogP contribution is 2.22. The molecular formula is C18H17FN8O. The highest BCUT2D eigenvalue weighted by atomic mass is 19.1. The molecule has 0 saturated heterocycles. The number of hydrogen-bond acceptors (Lipinski definition) is 8. The van der Waals surface area contributed by atoms with Gasteiger partial charge in [0.05, 0.1) is 6.61 Å². The number of nitrogens with zero attached hydrogens (tertiary/aromatic N) is 5. The predicted octanol–water partition coefficient (Wildman–Crippen LogP) is 2.55. The summed E-state index contributed by atoms with van der Waals surface area (Å²) in [5, 5.41) is 18.0. The molecule has 0 aliphatic heterocycles. The van der Waals surface area contributed by atoms with E-state index >= 15 is 0 Å². The van der Waals surface area contributed by atoms with Crippen molar-refractivity contribution in [2.75, 3.05) is 29.1 Å². The Labute approximate surface area is 159 Å². The summed E-state index contributed by atoms with van der Waals surface area (Å²) in [6.07, 6.45) is 6.91. The monoisotopic (exact) mass is 380 g/mol. The van der Waals surface area contributed by atoms with Crippen LogP contribution in [0.25, 0.3) is 5.65 Å². The number of aromatic nitrogens is 5. The molecule has 28 heavy (non-hydrogen) atoms. The second kappa shape index (κ2) is 7.84. The van der Waals surface area contributed by atoms with Crippen LogP contribution in [-0.4, -0.2) is 42.6 Å². The molecule has 4 N–H and O–H groups in total. The molecule has 10 heteroatoms. The lowest BCUT2D eigenvalue weighted by atomic mass is 10.4. The van der Waals surface area contributed by atoms with Gasteiger partial charge in [-0.3, -0.25) is 0 Å². The maximum absolute atomic E-state index is 13.9. The van der Waals surface area contributed by atoms with Crippen LogP contribution in [0.2, 0.25) is 0 Å². The molecule has 4 aromatic rings. The van der Waals surface area contributed by atoms with Crippen molar-refractivity contribution in [1.29, 1.82) is 0 Å². The zero-order valence-electron chi connectivity index (χ0n) is 14.7. The maximum Gasteiger partial charge on any atom is 0.232 e. The van der Waals surface area contributed by atoms with Crippen LogP contribution in [0.5, 0.6) is 0 Å². The molecule has 0 unspecified atom stereocenters. The zero-order valence-corrected chi connectivity index (χ0v) is 14.7. The molecule has 0 aromatic carbocycles. The first kappa shape index (κ1) is 17.6. The highest BCUT2D eigenvalue weighted by Gasteiger charge is 2.09. The van der Waals surface area contributed by atoms with Crippen LogP contribution in [0.3, 0.4) is 0 Å². The fourth-order valence-electron chi connectivity index (χ4n) is 2.56. The lowest BCUT2D eigenvalue weighted by Gasteiger charge is -2.12. The largest absolute Gasteiger partial charge is 0.395 e. The van der Waals surface area contributed by atoms with E-state index in [-0.39, 0.29) is 18.4 Å². The summed E-state index contributed by atoms with van der Waals surface area (Å²) < 4.78 is 15.8. The van der Waals surface area contributed by atoms with Crippen molar-refractivity contribution >= 4 is 34.7 Å². The van der Waals surface area contributed by atoms with Crippen LogP contribution in [0.4, 0.5) is 33.5 Å². The van der Waals surface area contributed by atoms with E-state index in [1.54, 1.807) is 12.3 Å². The van der Waals surface area contributed by atoms with E-state index in [9.17, 15) is 4.39 Å². The minimum Gasteiger partial charge on any atom is -0.395 e. The van der Waals surface area contributed by atoms with Crippen molar-refractivity contribution in [1.82, 2.24) is 24.3 Å². The van der Waals surface area contributed by atoms with Gasteiger partial charge in [-0.05, 0) is 18.2 Å². The van der Waals surface area contributed by atoms with E-state index in [0.29, 0.717) is 18.2 Å². The number of aliphatic hydroxyl groups is 1. The standard InChI is InChI=1S/C18H17FN8O/c19-13-2-1-4-22-17(13)26-18-24-14(20-6-9-28)11-15(25-18)23-12-3-7-27-8-5-21-16(27)10-12/h1-5,7-8,10-11,28H,6,9H2,(H3,20,22,23,24,25,26). The number of pyridine rings is 2. The van der Waals surface area contributed by atoms with Gasteiger partial charge in [-0.15, -0.1) is 0 Å². The molecule has 0 aliphatic rings.